The van der Waals surface area contributed by atoms with Crippen LogP contribution in [0.2, 0.25) is 0 Å². The molecule has 1 aromatic rings. The van der Waals surface area contributed by atoms with Gasteiger partial charge in [-0.05, 0) is 76.1 Å². The highest BCUT2D eigenvalue weighted by Gasteiger charge is 2.11. The molecular weight excluding hydrogens is 276 g/mol. The standard InChI is InChI=1S/C18H28N2S/c1-18(2,3)20-21-12-11-14-9-10-17(19)16(13-14)15-7-5-4-6-8-15/h7,9-10,13,20H,4-6,8,11-12,19H2,1-3H3. The summed E-state index contributed by atoms with van der Waals surface area (Å²) in [5, 5.41) is 0. The summed E-state index contributed by atoms with van der Waals surface area (Å²) in [6.07, 6.45) is 8.43. The molecule has 0 atom stereocenters. The number of hydrogen-bond acceptors (Lipinski definition) is 3. The van der Waals surface area contributed by atoms with Gasteiger partial charge in [-0.3, -0.25) is 4.72 Å². The Kier molecular flexibility index (Phi) is 5.77. The maximum atomic E-state index is 6.17. The van der Waals surface area contributed by atoms with E-state index in [1.165, 1.54) is 42.4 Å². The summed E-state index contributed by atoms with van der Waals surface area (Å²) in [7, 11) is 0. The first-order valence-corrected chi connectivity index (χ1v) is 8.91. The number of nitrogens with one attached hydrogen (secondary N) is 1. The molecule has 0 heterocycles. The van der Waals surface area contributed by atoms with Crippen molar-refractivity contribution in [2.24, 2.45) is 0 Å². The van der Waals surface area contributed by atoms with E-state index in [4.69, 9.17) is 5.73 Å². The van der Waals surface area contributed by atoms with Crippen LogP contribution in [0, 0.1) is 0 Å². The van der Waals surface area contributed by atoms with Gasteiger partial charge in [-0.25, -0.2) is 0 Å². The highest BCUT2D eigenvalue weighted by Crippen LogP contribution is 2.31. The van der Waals surface area contributed by atoms with E-state index >= 15 is 0 Å². The van der Waals surface area contributed by atoms with Gasteiger partial charge in [0, 0.05) is 22.5 Å². The molecule has 0 saturated carbocycles. The molecule has 0 fully saturated rings. The normalized spacial score (nSPS) is 15.9. The smallest absolute Gasteiger partial charge is 0.0390 e. The van der Waals surface area contributed by atoms with Crippen molar-refractivity contribution in [2.45, 2.75) is 58.4 Å². The zero-order chi connectivity index (χ0) is 15.3. The molecule has 3 heteroatoms. The minimum atomic E-state index is 0.170. The topological polar surface area (TPSA) is 38.0 Å². The van der Waals surface area contributed by atoms with E-state index in [2.05, 4.69) is 49.8 Å². The zero-order valence-electron chi connectivity index (χ0n) is 13.5. The monoisotopic (exact) mass is 304 g/mol. The van der Waals surface area contributed by atoms with Crippen LogP contribution in [0.25, 0.3) is 5.57 Å². The molecule has 0 saturated heterocycles. The predicted molar refractivity (Wildman–Crippen MR) is 96.4 cm³/mol. The quantitative estimate of drug-likeness (QED) is 0.466. The summed E-state index contributed by atoms with van der Waals surface area (Å²) >= 11 is 1.80. The van der Waals surface area contributed by atoms with Gasteiger partial charge in [-0.1, -0.05) is 24.1 Å². The molecule has 21 heavy (non-hydrogen) atoms. The van der Waals surface area contributed by atoms with Gasteiger partial charge in [0.15, 0.2) is 0 Å². The summed E-state index contributed by atoms with van der Waals surface area (Å²) in [5.41, 5.74) is 11.4. The Bertz CT molecular complexity index is 500. The molecule has 0 radical (unpaired) electrons. The zero-order valence-corrected chi connectivity index (χ0v) is 14.4. The molecule has 2 rings (SSSR count). The Morgan fingerprint density at radius 1 is 1.24 bits per heavy atom. The van der Waals surface area contributed by atoms with Gasteiger partial charge < -0.3 is 5.73 Å². The molecule has 2 nitrogen and oxygen atoms in total. The van der Waals surface area contributed by atoms with Crippen LogP contribution in [0.3, 0.4) is 0 Å². The van der Waals surface area contributed by atoms with Crippen LogP contribution in [-0.4, -0.2) is 11.3 Å². The van der Waals surface area contributed by atoms with Crippen LogP contribution in [0.4, 0.5) is 5.69 Å². The SMILES string of the molecule is CC(C)(C)NSCCc1ccc(N)c(C2=CCCCC2)c1. The van der Waals surface area contributed by atoms with E-state index in [0.717, 1.165) is 17.9 Å². The lowest BCUT2D eigenvalue weighted by molar-refractivity contribution is 0.535. The van der Waals surface area contributed by atoms with Gasteiger partial charge in [-0.15, -0.1) is 0 Å². The summed E-state index contributed by atoms with van der Waals surface area (Å²) < 4.78 is 3.46. The average molecular weight is 305 g/mol. The molecule has 1 aliphatic rings. The fourth-order valence-electron chi connectivity index (χ4n) is 2.56. The van der Waals surface area contributed by atoms with E-state index in [-0.39, 0.29) is 5.54 Å². The molecule has 0 aliphatic heterocycles. The summed E-state index contributed by atoms with van der Waals surface area (Å²) in [6, 6.07) is 6.53. The molecule has 0 aromatic heterocycles. The highest BCUT2D eigenvalue weighted by atomic mass is 32.2. The number of nitrogen functional groups attached to an aromatic ring is 1. The van der Waals surface area contributed by atoms with Gasteiger partial charge in [-0.2, -0.15) is 0 Å². The van der Waals surface area contributed by atoms with E-state index in [0.29, 0.717) is 0 Å². The van der Waals surface area contributed by atoms with Gasteiger partial charge in [0.05, 0.1) is 0 Å². The van der Waals surface area contributed by atoms with Crippen molar-refractivity contribution in [1.29, 1.82) is 0 Å². The molecule has 3 N–H and O–H groups in total. The molecule has 0 amide bonds. The molecule has 0 unspecified atom stereocenters. The van der Waals surface area contributed by atoms with Gasteiger partial charge in [0.25, 0.3) is 0 Å². The number of allylic oxidation sites excluding steroid dienone is 2. The maximum Gasteiger partial charge on any atom is 0.0390 e. The second-order valence-corrected chi connectivity index (χ2v) is 7.75. The number of anilines is 1. The number of hydrogen-bond donors (Lipinski definition) is 2. The highest BCUT2D eigenvalue weighted by molar-refractivity contribution is 7.97. The maximum absolute atomic E-state index is 6.17. The van der Waals surface area contributed by atoms with E-state index in [1.54, 1.807) is 11.9 Å². The molecular formula is C18H28N2S. The average Bonchev–Trinajstić information content (AvgIpc) is 2.45. The third kappa shape index (κ3) is 5.40. The van der Waals surface area contributed by atoms with Crippen LogP contribution in [0.15, 0.2) is 24.3 Å². The first-order valence-electron chi connectivity index (χ1n) is 7.92. The second kappa shape index (κ2) is 7.37. The van der Waals surface area contributed by atoms with E-state index in [9.17, 15) is 0 Å². The van der Waals surface area contributed by atoms with E-state index < -0.39 is 0 Å². The van der Waals surface area contributed by atoms with Crippen LogP contribution in [0.1, 0.15) is 57.6 Å². The lowest BCUT2D eigenvalue weighted by Gasteiger charge is -2.19. The number of nitrogens with two attached hydrogens (primary N) is 1. The summed E-state index contributed by atoms with van der Waals surface area (Å²) in [4.78, 5) is 0. The van der Waals surface area contributed by atoms with Crippen molar-refractivity contribution in [3.8, 4) is 0 Å². The number of rotatable bonds is 5. The molecule has 1 aromatic carbocycles. The van der Waals surface area contributed by atoms with Gasteiger partial charge in [0.1, 0.15) is 0 Å². The number of benzene rings is 1. The van der Waals surface area contributed by atoms with Crippen LogP contribution >= 0.6 is 11.9 Å². The Hall–Kier alpha value is -0.930. The van der Waals surface area contributed by atoms with Crippen molar-refractivity contribution < 1.29 is 0 Å². The van der Waals surface area contributed by atoms with Crippen LogP contribution in [0.5, 0.6) is 0 Å². The van der Waals surface area contributed by atoms with Crippen LogP contribution < -0.4 is 10.5 Å². The molecule has 1 aliphatic carbocycles. The number of aryl methyl sites for hydroxylation is 1. The first kappa shape index (κ1) is 16.4. The van der Waals surface area contributed by atoms with Crippen molar-refractivity contribution >= 4 is 23.2 Å². The van der Waals surface area contributed by atoms with Crippen molar-refractivity contribution in [3.63, 3.8) is 0 Å². The Labute approximate surface area is 133 Å². The minimum absolute atomic E-state index is 0.170. The fraction of sp³-hybridized carbons (Fsp3) is 0.556. The van der Waals surface area contributed by atoms with Crippen LogP contribution in [-0.2, 0) is 6.42 Å². The summed E-state index contributed by atoms with van der Waals surface area (Å²) in [5.74, 6) is 1.08. The minimum Gasteiger partial charge on any atom is -0.398 e. The lowest BCUT2D eigenvalue weighted by atomic mass is 9.91. The van der Waals surface area contributed by atoms with Crippen molar-refractivity contribution in [1.82, 2.24) is 4.72 Å². The van der Waals surface area contributed by atoms with E-state index in [1.807, 2.05) is 0 Å². The first-order chi connectivity index (χ1) is 9.96. The van der Waals surface area contributed by atoms with Crippen molar-refractivity contribution in [3.05, 3.63) is 35.4 Å². The van der Waals surface area contributed by atoms with Crippen molar-refractivity contribution in [2.75, 3.05) is 11.5 Å². The van der Waals surface area contributed by atoms with Gasteiger partial charge >= 0.3 is 0 Å². The molecule has 0 bridgehead atoms. The molecule has 0 spiro atoms. The summed E-state index contributed by atoms with van der Waals surface area (Å²) in [6.45, 7) is 6.57. The fourth-order valence-corrected chi connectivity index (χ4v) is 3.43. The second-order valence-electron chi connectivity index (χ2n) is 6.85. The molecule has 116 valence electrons. The lowest BCUT2D eigenvalue weighted by Crippen LogP contribution is -2.30. The Morgan fingerprint density at radius 3 is 2.71 bits per heavy atom. The predicted octanol–water partition coefficient (Wildman–Crippen LogP) is 4.81. The Morgan fingerprint density at radius 2 is 2.05 bits per heavy atom. The largest absolute Gasteiger partial charge is 0.398 e. The third-order valence-electron chi connectivity index (χ3n) is 3.63. The Balaban J connectivity index is 1.97. The third-order valence-corrected chi connectivity index (χ3v) is 4.79. The van der Waals surface area contributed by atoms with Gasteiger partial charge in [0.2, 0.25) is 0 Å².